The zero-order chi connectivity index (χ0) is 23.3. The minimum atomic E-state index is -3.58. The smallest absolute Gasteiger partial charge is 0.251 e. The lowest BCUT2D eigenvalue weighted by Gasteiger charge is -2.35. The second kappa shape index (κ2) is 10.8. The minimum absolute atomic E-state index is 0.154. The molecule has 1 amide bonds. The van der Waals surface area contributed by atoms with Crippen LogP contribution in [0.25, 0.3) is 0 Å². The van der Waals surface area contributed by atoms with Crippen molar-refractivity contribution in [3.8, 4) is 0 Å². The summed E-state index contributed by atoms with van der Waals surface area (Å²) in [6.45, 7) is 6.15. The summed E-state index contributed by atoms with van der Waals surface area (Å²) < 4.78 is 32.3. The number of nitrogens with zero attached hydrogens (tertiary/aromatic N) is 3. The van der Waals surface area contributed by atoms with Gasteiger partial charge in [-0.15, -0.1) is 0 Å². The van der Waals surface area contributed by atoms with E-state index in [1.54, 1.807) is 12.1 Å². The number of benzene rings is 2. The molecule has 2 fully saturated rings. The molecule has 0 aromatic heterocycles. The van der Waals surface area contributed by atoms with Gasteiger partial charge in [-0.25, -0.2) is 8.42 Å². The first-order valence-electron chi connectivity index (χ1n) is 11.4. The summed E-state index contributed by atoms with van der Waals surface area (Å²) in [5.74, 6) is -0.215. The number of rotatable bonds is 7. The molecule has 9 heteroatoms. The lowest BCUT2D eigenvalue weighted by molar-refractivity contribution is 0.0730. The highest BCUT2D eigenvalue weighted by molar-refractivity contribution is 7.89. The van der Waals surface area contributed by atoms with Crippen LogP contribution in [0.3, 0.4) is 0 Å². The zero-order valence-electron chi connectivity index (χ0n) is 19.0. The van der Waals surface area contributed by atoms with Gasteiger partial charge in [0.15, 0.2) is 0 Å². The molecule has 1 unspecified atom stereocenters. The third-order valence-corrected chi connectivity index (χ3v) is 8.18. The van der Waals surface area contributed by atoms with Crippen molar-refractivity contribution < 1.29 is 17.9 Å². The fourth-order valence-corrected chi connectivity index (χ4v) is 5.57. The number of sulfonamides is 1. The van der Waals surface area contributed by atoms with Gasteiger partial charge in [-0.05, 0) is 36.9 Å². The molecule has 2 aliphatic heterocycles. The van der Waals surface area contributed by atoms with Crippen LogP contribution < -0.4 is 5.32 Å². The van der Waals surface area contributed by atoms with Crippen molar-refractivity contribution in [3.63, 3.8) is 0 Å². The first kappa shape index (κ1) is 23.8. The fraction of sp³-hybridized carbons (Fsp3) is 0.458. The molecular weight excluding hydrogens is 440 g/mol. The van der Waals surface area contributed by atoms with Crippen molar-refractivity contribution in [1.82, 2.24) is 19.4 Å². The molecule has 0 bridgehead atoms. The number of carbonyl (C=O) groups is 1. The number of morpholine rings is 1. The molecular formula is C24H32N4O4S. The van der Waals surface area contributed by atoms with Gasteiger partial charge in [0.05, 0.1) is 24.2 Å². The Morgan fingerprint density at radius 1 is 0.939 bits per heavy atom. The summed E-state index contributed by atoms with van der Waals surface area (Å²) in [5.41, 5.74) is 1.49. The van der Waals surface area contributed by atoms with Crippen LogP contribution >= 0.6 is 0 Å². The van der Waals surface area contributed by atoms with Crippen LogP contribution in [0, 0.1) is 0 Å². The second-order valence-corrected chi connectivity index (χ2v) is 10.5. The largest absolute Gasteiger partial charge is 0.379 e. The molecule has 2 aromatic rings. The Kier molecular flexibility index (Phi) is 7.77. The van der Waals surface area contributed by atoms with Gasteiger partial charge in [0.2, 0.25) is 10.0 Å². The maximum Gasteiger partial charge on any atom is 0.251 e. The first-order valence-corrected chi connectivity index (χ1v) is 12.8. The first-order chi connectivity index (χ1) is 15.9. The third kappa shape index (κ3) is 5.99. The summed E-state index contributed by atoms with van der Waals surface area (Å²) in [7, 11) is -1.46. The van der Waals surface area contributed by atoms with Gasteiger partial charge in [0.1, 0.15) is 0 Å². The molecule has 0 aliphatic carbocycles. The molecule has 0 spiro atoms. The van der Waals surface area contributed by atoms with Gasteiger partial charge < -0.3 is 15.0 Å². The second-order valence-electron chi connectivity index (χ2n) is 8.58. The summed E-state index contributed by atoms with van der Waals surface area (Å²) in [5, 5.41) is 3.16. The van der Waals surface area contributed by atoms with E-state index in [0.29, 0.717) is 31.9 Å². The van der Waals surface area contributed by atoms with Crippen LogP contribution in [0.1, 0.15) is 22.0 Å². The van der Waals surface area contributed by atoms with E-state index in [1.807, 2.05) is 30.3 Å². The van der Waals surface area contributed by atoms with Crippen molar-refractivity contribution in [2.24, 2.45) is 0 Å². The lowest BCUT2D eigenvalue weighted by atomic mass is 10.0. The Morgan fingerprint density at radius 3 is 2.21 bits per heavy atom. The SMILES string of the molecule is CN1CCN(CC(NC(=O)c2ccc(S(=O)(=O)N3CCOCC3)cc2)c2ccccc2)CC1. The summed E-state index contributed by atoms with van der Waals surface area (Å²) in [4.78, 5) is 17.9. The van der Waals surface area contributed by atoms with E-state index in [4.69, 9.17) is 4.74 Å². The van der Waals surface area contributed by atoms with Gasteiger partial charge in [-0.1, -0.05) is 30.3 Å². The fourth-order valence-electron chi connectivity index (χ4n) is 4.16. The average Bonchev–Trinajstić information content (AvgIpc) is 2.86. The molecule has 1 atom stereocenters. The molecule has 2 aromatic carbocycles. The van der Waals surface area contributed by atoms with Crippen LogP contribution in [0.4, 0.5) is 0 Å². The van der Waals surface area contributed by atoms with Crippen LogP contribution in [-0.2, 0) is 14.8 Å². The van der Waals surface area contributed by atoms with Crippen molar-refractivity contribution in [2.45, 2.75) is 10.9 Å². The number of amides is 1. The quantitative estimate of drug-likeness (QED) is 0.657. The van der Waals surface area contributed by atoms with Gasteiger partial charge in [0.25, 0.3) is 5.91 Å². The van der Waals surface area contributed by atoms with Crippen LogP contribution in [0.2, 0.25) is 0 Å². The maximum atomic E-state index is 13.1. The van der Waals surface area contributed by atoms with E-state index in [2.05, 4.69) is 22.2 Å². The Balaban J connectivity index is 1.46. The van der Waals surface area contributed by atoms with Crippen LogP contribution in [0.15, 0.2) is 59.5 Å². The molecule has 33 heavy (non-hydrogen) atoms. The predicted molar refractivity (Wildman–Crippen MR) is 127 cm³/mol. The van der Waals surface area contributed by atoms with Crippen molar-refractivity contribution in [2.75, 3.05) is 66.1 Å². The number of hydrogen-bond donors (Lipinski definition) is 1. The van der Waals surface area contributed by atoms with Gasteiger partial charge in [0, 0.05) is 51.4 Å². The Hall–Kier alpha value is -2.30. The molecule has 8 nitrogen and oxygen atoms in total. The highest BCUT2D eigenvalue weighted by atomic mass is 32.2. The minimum Gasteiger partial charge on any atom is -0.379 e. The van der Waals surface area contributed by atoms with Gasteiger partial charge in [-0.3, -0.25) is 9.69 Å². The Bertz CT molecular complexity index is 1020. The highest BCUT2D eigenvalue weighted by Gasteiger charge is 2.27. The molecule has 0 saturated carbocycles. The topological polar surface area (TPSA) is 82.2 Å². The van der Waals surface area contributed by atoms with Crippen molar-refractivity contribution in [1.29, 1.82) is 0 Å². The van der Waals surface area contributed by atoms with E-state index >= 15 is 0 Å². The number of carbonyl (C=O) groups excluding carboxylic acids is 1. The van der Waals surface area contributed by atoms with Crippen LogP contribution in [-0.4, -0.2) is 94.5 Å². The summed E-state index contributed by atoms with van der Waals surface area (Å²) in [6.07, 6.45) is 0. The van der Waals surface area contributed by atoms with Gasteiger partial charge in [-0.2, -0.15) is 4.31 Å². The molecule has 2 heterocycles. The molecule has 4 rings (SSSR count). The van der Waals surface area contributed by atoms with E-state index in [-0.39, 0.29) is 16.8 Å². The van der Waals surface area contributed by atoms with Crippen molar-refractivity contribution >= 4 is 15.9 Å². The normalized spacial score (nSPS) is 19.8. The number of nitrogens with one attached hydrogen (secondary N) is 1. The van der Waals surface area contributed by atoms with E-state index in [9.17, 15) is 13.2 Å². The molecule has 2 aliphatic rings. The van der Waals surface area contributed by atoms with Crippen LogP contribution in [0.5, 0.6) is 0 Å². The summed E-state index contributed by atoms with van der Waals surface area (Å²) in [6, 6.07) is 16.0. The zero-order valence-corrected chi connectivity index (χ0v) is 19.8. The third-order valence-electron chi connectivity index (χ3n) is 6.27. The lowest BCUT2D eigenvalue weighted by Crippen LogP contribution is -2.47. The highest BCUT2D eigenvalue weighted by Crippen LogP contribution is 2.20. The van der Waals surface area contributed by atoms with Crippen molar-refractivity contribution in [3.05, 3.63) is 65.7 Å². The number of hydrogen-bond acceptors (Lipinski definition) is 6. The standard InChI is InChI=1S/C24H32N4O4S/c1-26-11-13-27(14-12-26)19-23(20-5-3-2-4-6-20)25-24(29)21-7-9-22(10-8-21)33(30,31)28-15-17-32-18-16-28/h2-10,23H,11-19H2,1H3,(H,25,29). The molecule has 178 valence electrons. The van der Waals surface area contributed by atoms with E-state index in [1.165, 1.54) is 16.4 Å². The number of likely N-dealkylation sites (N-methyl/N-ethyl adjacent to an activating group) is 1. The Morgan fingerprint density at radius 2 is 1.58 bits per heavy atom. The monoisotopic (exact) mass is 472 g/mol. The molecule has 1 N–H and O–H groups in total. The van der Waals surface area contributed by atoms with E-state index in [0.717, 1.165) is 38.3 Å². The number of piperazine rings is 1. The van der Waals surface area contributed by atoms with E-state index < -0.39 is 10.0 Å². The molecule has 2 saturated heterocycles. The van der Waals surface area contributed by atoms with Gasteiger partial charge >= 0.3 is 0 Å². The number of ether oxygens (including phenoxy) is 1. The molecule has 0 radical (unpaired) electrons. The summed E-state index contributed by atoms with van der Waals surface area (Å²) >= 11 is 0. The maximum absolute atomic E-state index is 13.1. The average molecular weight is 473 g/mol. The Labute approximate surface area is 196 Å². The predicted octanol–water partition coefficient (Wildman–Crippen LogP) is 1.43.